The number of piperidine rings is 1. The predicted octanol–water partition coefficient (Wildman–Crippen LogP) is 0.601. The number of carboxylic acids is 1. The number of aryl methyl sites for hydroxylation is 1. The van der Waals surface area contributed by atoms with Gasteiger partial charge in [0.15, 0.2) is 5.82 Å². The average molecular weight is 295 g/mol. The van der Waals surface area contributed by atoms with Crippen molar-refractivity contribution in [3.8, 4) is 0 Å². The number of likely N-dealkylation sites (tertiary alicyclic amines) is 1. The summed E-state index contributed by atoms with van der Waals surface area (Å²) in [5, 5.41) is 15.6. The molecule has 0 aliphatic carbocycles. The monoisotopic (exact) mass is 295 g/mol. The predicted molar refractivity (Wildman–Crippen MR) is 74.4 cm³/mol. The van der Waals surface area contributed by atoms with E-state index in [0.717, 1.165) is 12.8 Å². The molecule has 0 atom stereocenters. The van der Waals surface area contributed by atoms with Crippen molar-refractivity contribution in [2.24, 2.45) is 13.0 Å². The number of urea groups is 1. The lowest BCUT2D eigenvalue weighted by atomic mass is 9.92. The number of rotatable bonds is 5. The number of aromatic nitrogens is 3. The minimum absolute atomic E-state index is 0.112. The fourth-order valence-corrected chi connectivity index (χ4v) is 2.48. The summed E-state index contributed by atoms with van der Waals surface area (Å²) in [6.45, 7) is 1.66. The lowest BCUT2D eigenvalue weighted by molar-refractivity contribution is -0.137. The molecule has 2 N–H and O–H groups in total. The Morgan fingerprint density at radius 3 is 2.71 bits per heavy atom. The van der Waals surface area contributed by atoms with Gasteiger partial charge in [-0.3, -0.25) is 9.48 Å². The third-order valence-electron chi connectivity index (χ3n) is 3.71. The number of amides is 2. The molecule has 1 aliphatic rings. The Morgan fingerprint density at radius 2 is 2.14 bits per heavy atom. The fraction of sp³-hybridized carbons (Fsp3) is 0.692. The number of hydrogen-bond donors (Lipinski definition) is 2. The minimum Gasteiger partial charge on any atom is -0.481 e. The molecule has 0 aromatic carbocycles. The molecule has 1 aromatic heterocycles. The van der Waals surface area contributed by atoms with Crippen LogP contribution in [0.1, 0.15) is 31.5 Å². The maximum absolute atomic E-state index is 12.0. The molecule has 8 heteroatoms. The van der Waals surface area contributed by atoms with Gasteiger partial charge < -0.3 is 15.3 Å². The molecule has 116 valence electrons. The zero-order chi connectivity index (χ0) is 15.2. The molecule has 8 nitrogen and oxygen atoms in total. The number of nitrogens with one attached hydrogen (secondary N) is 1. The van der Waals surface area contributed by atoms with E-state index in [1.165, 1.54) is 0 Å². The highest BCUT2D eigenvalue weighted by Gasteiger charge is 2.23. The second-order valence-electron chi connectivity index (χ2n) is 5.36. The van der Waals surface area contributed by atoms with Gasteiger partial charge in [-0.25, -0.2) is 9.78 Å². The standard InChI is InChI=1S/C13H21N5O3/c1-17-9-15-11(16-17)8-14-13(21)18-6-4-10(5-7-18)2-3-12(19)20/h9-10H,2-8H2,1H3,(H,14,21)(H,19,20). The van der Waals surface area contributed by atoms with Crippen molar-refractivity contribution >= 4 is 12.0 Å². The Hall–Kier alpha value is -2.12. The van der Waals surface area contributed by atoms with E-state index in [4.69, 9.17) is 5.11 Å². The molecule has 2 amide bonds. The van der Waals surface area contributed by atoms with Crippen molar-refractivity contribution in [2.45, 2.75) is 32.2 Å². The van der Waals surface area contributed by atoms with Gasteiger partial charge in [-0.2, -0.15) is 5.10 Å². The lowest BCUT2D eigenvalue weighted by Crippen LogP contribution is -2.44. The minimum atomic E-state index is -0.752. The summed E-state index contributed by atoms with van der Waals surface area (Å²) in [6, 6.07) is -0.112. The molecule has 21 heavy (non-hydrogen) atoms. The first kappa shape index (κ1) is 15.3. The number of carboxylic acid groups (broad SMARTS) is 1. The number of hydrogen-bond acceptors (Lipinski definition) is 4. The van der Waals surface area contributed by atoms with Gasteiger partial charge in [0.2, 0.25) is 0 Å². The second kappa shape index (κ2) is 7.05. The van der Waals surface area contributed by atoms with Crippen LogP contribution in [0, 0.1) is 5.92 Å². The van der Waals surface area contributed by atoms with Crippen molar-refractivity contribution in [1.82, 2.24) is 25.0 Å². The molecule has 0 bridgehead atoms. The first-order valence-corrected chi connectivity index (χ1v) is 7.13. The molecule has 1 aromatic rings. The highest BCUT2D eigenvalue weighted by atomic mass is 16.4. The van der Waals surface area contributed by atoms with Crippen LogP contribution in [0.3, 0.4) is 0 Å². The normalized spacial score (nSPS) is 16.0. The highest BCUT2D eigenvalue weighted by Crippen LogP contribution is 2.21. The van der Waals surface area contributed by atoms with Crippen LogP contribution in [0.5, 0.6) is 0 Å². The molecule has 1 aliphatic heterocycles. The largest absolute Gasteiger partial charge is 0.481 e. The molecule has 0 radical (unpaired) electrons. The Bertz CT molecular complexity index is 494. The van der Waals surface area contributed by atoms with E-state index in [2.05, 4.69) is 15.4 Å². The maximum atomic E-state index is 12.0. The zero-order valence-electron chi connectivity index (χ0n) is 12.2. The Kier molecular flexibility index (Phi) is 5.13. The lowest BCUT2D eigenvalue weighted by Gasteiger charge is -2.31. The van der Waals surface area contributed by atoms with Crippen molar-refractivity contribution < 1.29 is 14.7 Å². The number of nitrogens with zero attached hydrogens (tertiary/aromatic N) is 4. The van der Waals surface area contributed by atoms with Crippen molar-refractivity contribution in [2.75, 3.05) is 13.1 Å². The van der Waals surface area contributed by atoms with Gasteiger partial charge in [0.05, 0.1) is 6.54 Å². The van der Waals surface area contributed by atoms with Crippen LogP contribution in [0.2, 0.25) is 0 Å². The summed E-state index contributed by atoms with van der Waals surface area (Å²) in [4.78, 5) is 28.4. The first-order valence-electron chi connectivity index (χ1n) is 7.13. The summed E-state index contributed by atoms with van der Waals surface area (Å²) in [5.41, 5.74) is 0. The summed E-state index contributed by atoms with van der Waals surface area (Å²) < 4.78 is 1.59. The van der Waals surface area contributed by atoms with Crippen molar-refractivity contribution in [1.29, 1.82) is 0 Å². The molecule has 0 spiro atoms. The van der Waals surface area contributed by atoms with E-state index in [0.29, 0.717) is 37.8 Å². The molecule has 1 fully saturated rings. The Labute approximate surface area is 123 Å². The molecule has 2 rings (SSSR count). The second-order valence-corrected chi connectivity index (χ2v) is 5.36. The van der Waals surface area contributed by atoms with E-state index in [1.807, 2.05) is 0 Å². The molecular weight excluding hydrogens is 274 g/mol. The fourth-order valence-electron chi connectivity index (χ4n) is 2.48. The van der Waals surface area contributed by atoms with Crippen LogP contribution >= 0.6 is 0 Å². The van der Waals surface area contributed by atoms with Gasteiger partial charge >= 0.3 is 12.0 Å². The van der Waals surface area contributed by atoms with Crippen molar-refractivity contribution in [3.05, 3.63) is 12.2 Å². The van der Waals surface area contributed by atoms with Crippen LogP contribution in [0.15, 0.2) is 6.33 Å². The molecular formula is C13H21N5O3. The molecule has 1 saturated heterocycles. The van der Waals surface area contributed by atoms with Crippen LogP contribution in [0.25, 0.3) is 0 Å². The van der Waals surface area contributed by atoms with Gasteiger partial charge in [0.25, 0.3) is 0 Å². The van der Waals surface area contributed by atoms with Gasteiger partial charge in [-0.05, 0) is 25.2 Å². The van der Waals surface area contributed by atoms with E-state index < -0.39 is 5.97 Å². The van der Waals surface area contributed by atoms with Gasteiger partial charge in [0.1, 0.15) is 6.33 Å². The van der Waals surface area contributed by atoms with Crippen LogP contribution in [-0.4, -0.2) is 49.9 Å². The summed E-state index contributed by atoms with van der Waals surface area (Å²) in [5.74, 6) is 0.239. The highest BCUT2D eigenvalue weighted by molar-refractivity contribution is 5.74. The van der Waals surface area contributed by atoms with Gasteiger partial charge in [-0.1, -0.05) is 0 Å². The third kappa shape index (κ3) is 4.73. The Morgan fingerprint density at radius 1 is 1.43 bits per heavy atom. The topological polar surface area (TPSA) is 100 Å². The Balaban J connectivity index is 1.69. The van der Waals surface area contributed by atoms with E-state index >= 15 is 0 Å². The first-order chi connectivity index (χ1) is 10.0. The van der Waals surface area contributed by atoms with Crippen LogP contribution in [-0.2, 0) is 18.4 Å². The van der Waals surface area contributed by atoms with E-state index in [9.17, 15) is 9.59 Å². The quantitative estimate of drug-likeness (QED) is 0.828. The summed E-state index contributed by atoms with van der Waals surface area (Å²) >= 11 is 0. The number of aliphatic carboxylic acids is 1. The molecule has 0 unspecified atom stereocenters. The number of carbonyl (C=O) groups is 2. The summed E-state index contributed by atoms with van der Waals surface area (Å²) in [6.07, 6.45) is 4.23. The zero-order valence-corrected chi connectivity index (χ0v) is 12.2. The molecule has 0 saturated carbocycles. The summed E-state index contributed by atoms with van der Waals surface area (Å²) in [7, 11) is 1.78. The smallest absolute Gasteiger partial charge is 0.317 e. The van der Waals surface area contributed by atoms with Crippen molar-refractivity contribution in [3.63, 3.8) is 0 Å². The van der Waals surface area contributed by atoms with E-state index in [-0.39, 0.29) is 12.5 Å². The van der Waals surface area contributed by atoms with Crippen LogP contribution in [0.4, 0.5) is 4.79 Å². The average Bonchev–Trinajstić information content (AvgIpc) is 2.89. The molecule has 2 heterocycles. The maximum Gasteiger partial charge on any atom is 0.317 e. The third-order valence-corrected chi connectivity index (χ3v) is 3.71. The number of carbonyl (C=O) groups excluding carboxylic acids is 1. The van der Waals surface area contributed by atoms with Gasteiger partial charge in [0, 0.05) is 26.6 Å². The van der Waals surface area contributed by atoms with Gasteiger partial charge in [-0.15, -0.1) is 0 Å². The van der Waals surface area contributed by atoms with E-state index in [1.54, 1.807) is 23.0 Å². The SMILES string of the molecule is Cn1cnc(CNC(=O)N2CCC(CCC(=O)O)CC2)n1. The van der Waals surface area contributed by atoms with Crippen LogP contribution < -0.4 is 5.32 Å².